The molecule has 1 aromatic rings. The second kappa shape index (κ2) is 6.61. The number of aliphatic hydroxyl groups excluding tert-OH is 1. The molecule has 0 bridgehead atoms. The van der Waals surface area contributed by atoms with Crippen molar-refractivity contribution >= 4 is 11.7 Å². The zero-order valence-corrected chi connectivity index (χ0v) is 12.0. The van der Waals surface area contributed by atoms with Crippen LogP contribution in [0.1, 0.15) is 12.8 Å². The Morgan fingerprint density at radius 3 is 2.61 bits per heavy atom. The van der Waals surface area contributed by atoms with Crippen LogP contribution in [-0.2, 0) is 0 Å². The average molecular weight is 336 g/mol. The molecular formula is C14H16F4N2O3. The van der Waals surface area contributed by atoms with Gasteiger partial charge in [0.25, 0.3) is 0 Å². The van der Waals surface area contributed by atoms with Gasteiger partial charge >= 0.3 is 12.2 Å². The van der Waals surface area contributed by atoms with Gasteiger partial charge in [0.1, 0.15) is 11.6 Å². The number of nitrogens with one attached hydrogen (secondary N) is 2. The van der Waals surface area contributed by atoms with Gasteiger partial charge in [-0.3, -0.25) is 0 Å². The van der Waals surface area contributed by atoms with Crippen LogP contribution in [0.25, 0.3) is 0 Å². The summed E-state index contributed by atoms with van der Waals surface area (Å²) in [5.41, 5.74) is -0.391. The number of benzene rings is 1. The van der Waals surface area contributed by atoms with Gasteiger partial charge in [-0.05, 0) is 25.0 Å². The van der Waals surface area contributed by atoms with Gasteiger partial charge in [0, 0.05) is 18.0 Å². The minimum Gasteiger partial charge on any atom is -0.482 e. The van der Waals surface area contributed by atoms with E-state index in [1.165, 1.54) is 0 Å². The number of urea groups is 1. The van der Waals surface area contributed by atoms with E-state index in [2.05, 4.69) is 15.4 Å². The van der Waals surface area contributed by atoms with Gasteiger partial charge in [-0.1, -0.05) is 0 Å². The molecule has 1 aliphatic rings. The van der Waals surface area contributed by atoms with Crippen molar-refractivity contribution in [2.24, 2.45) is 5.41 Å². The topological polar surface area (TPSA) is 70.6 Å². The first-order chi connectivity index (χ1) is 10.7. The predicted molar refractivity (Wildman–Crippen MR) is 73.7 cm³/mol. The molecule has 1 aromatic carbocycles. The van der Waals surface area contributed by atoms with Crippen LogP contribution >= 0.6 is 0 Å². The van der Waals surface area contributed by atoms with Crippen LogP contribution in [-0.4, -0.2) is 37.1 Å². The van der Waals surface area contributed by atoms with Crippen LogP contribution in [0.15, 0.2) is 18.2 Å². The number of carbonyl (C=O) groups excluding carboxylic acids is 1. The van der Waals surface area contributed by atoms with Crippen molar-refractivity contribution < 1.29 is 32.2 Å². The first-order valence-corrected chi connectivity index (χ1v) is 6.88. The fourth-order valence-corrected chi connectivity index (χ4v) is 1.88. The van der Waals surface area contributed by atoms with Crippen LogP contribution in [0, 0.1) is 11.2 Å². The van der Waals surface area contributed by atoms with Crippen molar-refractivity contribution in [3.05, 3.63) is 24.0 Å². The number of ether oxygens (including phenoxy) is 1. The molecule has 0 aromatic heterocycles. The van der Waals surface area contributed by atoms with Crippen molar-refractivity contribution in [1.29, 1.82) is 0 Å². The molecule has 128 valence electrons. The molecule has 5 nitrogen and oxygen atoms in total. The molecule has 0 aliphatic heterocycles. The highest BCUT2D eigenvalue weighted by Gasteiger charge is 2.42. The summed E-state index contributed by atoms with van der Waals surface area (Å²) >= 11 is 0. The van der Waals surface area contributed by atoms with Gasteiger partial charge in [0.05, 0.1) is 12.3 Å². The summed E-state index contributed by atoms with van der Waals surface area (Å²) in [7, 11) is 0. The maximum Gasteiger partial charge on any atom is 0.422 e. The standard InChI is InChI=1S/C14H16F4N2O3/c15-9-1-2-10(11(5-9)23-8-14(16,17)18)20-12(22)19-6-13(7-21)3-4-13/h1-2,5,21H,3-4,6-8H2,(H2,19,20,22). The molecule has 0 heterocycles. The van der Waals surface area contributed by atoms with E-state index in [0.29, 0.717) is 0 Å². The van der Waals surface area contributed by atoms with Crippen LogP contribution in [0.4, 0.5) is 28.0 Å². The molecule has 0 unspecified atom stereocenters. The van der Waals surface area contributed by atoms with Gasteiger partial charge in [-0.25, -0.2) is 9.18 Å². The molecule has 2 rings (SSSR count). The monoisotopic (exact) mass is 336 g/mol. The largest absolute Gasteiger partial charge is 0.482 e. The molecule has 1 saturated carbocycles. The third-order valence-corrected chi connectivity index (χ3v) is 3.50. The summed E-state index contributed by atoms with van der Waals surface area (Å²) < 4.78 is 54.2. The van der Waals surface area contributed by atoms with Gasteiger partial charge < -0.3 is 20.5 Å². The first kappa shape index (κ1) is 17.3. The second-order valence-corrected chi connectivity index (χ2v) is 5.51. The van der Waals surface area contributed by atoms with Crippen LogP contribution in [0.5, 0.6) is 5.75 Å². The Labute approximate surface area is 129 Å². The van der Waals surface area contributed by atoms with Crippen molar-refractivity contribution in [3.8, 4) is 5.75 Å². The van der Waals surface area contributed by atoms with Gasteiger partial charge in [0.15, 0.2) is 6.61 Å². The Kier molecular flexibility index (Phi) is 4.98. The van der Waals surface area contributed by atoms with E-state index in [1.807, 2.05) is 0 Å². The number of carbonyl (C=O) groups is 1. The quantitative estimate of drug-likeness (QED) is 0.700. The van der Waals surface area contributed by atoms with Gasteiger partial charge in [0.2, 0.25) is 0 Å². The second-order valence-electron chi connectivity index (χ2n) is 5.51. The Balaban J connectivity index is 1.96. The Morgan fingerprint density at radius 2 is 2.04 bits per heavy atom. The van der Waals surface area contributed by atoms with E-state index in [9.17, 15) is 22.4 Å². The summed E-state index contributed by atoms with van der Waals surface area (Å²) in [5, 5.41) is 14.0. The smallest absolute Gasteiger partial charge is 0.422 e. The van der Waals surface area contributed by atoms with E-state index >= 15 is 0 Å². The zero-order chi connectivity index (χ0) is 17.1. The normalized spacial score (nSPS) is 15.9. The average Bonchev–Trinajstić information content (AvgIpc) is 3.25. The van der Waals surface area contributed by atoms with Crippen molar-refractivity contribution in [1.82, 2.24) is 5.32 Å². The number of anilines is 1. The molecule has 0 saturated heterocycles. The molecular weight excluding hydrogens is 320 g/mol. The number of amides is 2. The van der Waals surface area contributed by atoms with Crippen LogP contribution in [0.3, 0.4) is 0 Å². The minimum atomic E-state index is -4.58. The van der Waals surface area contributed by atoms with E-state index in [4.69, 9.17) is 5.11 Å². The third kappa shape index (κ3) is 5.27. The summed E-state index contributed by atoms with van der Waals surface area (Å²) in [4.78, 5) is 11.8. The maximum atomic E-state index is 13.1. The summed E-state index contributed by atoms with van der Waals surface area (Å²) in [6.07, 6.45) is -2.99. The fourth-order valence-electron chi connectivity index (χ4n) is 1.88. The molecule has 1 fully saturated rings. The Bertz CT molecular complexity index is 574. The Hall–Kier alpha value is -2.03. The van der Waals surface area contributed by atoms with Crippen molar-refractivity contribution in [3.63, 3.8) is 0 Å². The number of rotatable bonds is 6. The van der Waals surface area contributed by atoms with Gasteiger partial charge in [-0.15, -0.1) is 0 Å². The summed E-state index contributed by atoms with van der Waals surface area (Å²) in [6, 6.07) is 2.19. The third-order valence-electron chi connectivity index (χ3n) is 3.50. The molecule has 0 spiro atoms. The number of hydrogen-bond donors (Lipinski definition) is 3. The molecule has 2 amide bonds. The maximum absolute atomic E-state index is 13.1. The molecule has 3 N–H and O–H groups in total. The molecule has 9 heteroatoms. The minimum absolute atomic E-state index is 0.0518. The molecule has 0 radical (unpaired) electrons. The SMILES string of the molecule is O=C(NCC1(CO)CC1)Nc1ccc(F)cc1OCC(F)(F)F. The van der Waals surface area contributed by atoms with Crippen molar-refractivity contribution in [2.75, 3.05) is 25.1 Å². The molecule has 0 atom stereocenters. The number of aliphatic hydroxyl groups is 1. The van der Waals surface area contributed by atoms with E-state index in [-0.39, 0.29) is 24.3 Å². The summed E-state index contributed by atoms with van der Waals surface area (Å²) in [5.74, 6) is -1.20. The van der Waals surface area contributed by atoms with Crippen molar-refractivity contribution in [2.45, 2.75) is 19.0 Å². The lowest BCUT2D eigenvalue weighted by Crippen LogP contribution is -2.35. The fraction of sp³-hybridized carbons (Fsp3) is 0.500. The Morgan fingerprint density at radius 1 is 1.35 bits per heavy atom. The molecule has 23 heavy (non-hydrogen) atoms. The van der Waals surface area contributed by atoms with E-state index in [0.717, 1.165) is 31.0 Å². The number of alkyl halides is 3. The number of hydrogen-bond acceptors (Lipinski definition) is 3. The first-order valence-electron chi connectivity index (χ1n) is 6.88. The van der Waals surface area contributed by atoms with E-state index < -0.39 is 30.4 Å². The lowest BCUT2D eigenvalue weighted by Gasteiger charge is -2.16. The highest BCUT2D eigenvalue weighted by molar-refractivity contribution is 5.90. The highest BCUT2D eigenvalue weighted by atomic mass is 19.4. The number of halogens is 4. The zero-order valence-electron chi connectivity index (χ0n) is 12.0. The van der Waals surface area contributed by atoms with Gasteiger partial charge in [-0.2, -0.15) is 13.2 Å². The predicted octanol–water partition coefficient (Wildman–Crippen LogP) is 2.66. The lowest BCUT2D eigenvalue weighted by atomic mass is 10.1. The highest BCUT2D eigenvalue weighted by Crippen LogP contribution is 2.44. The van der Waals surface area contributed by atoms with E-state index in [1.54, 1.807) is 0 Å². The molecule has 1 aliphatic carbocycles. The summed E-state index contributed by atoms with van der Waals surface area (Å²) in [6.45, 7) is -1.40. The van der Waals surface area contributed by atoms with Crippen LogP contribution in [0.2, 0.25) is 0 Å². The lowest BCUT2D eigenvalue weighted by molar-refractivity contribution is -0.153. The van der Waals surface area contributed by atoms with Crippen LogP contribution < -0.4 is 15.4 Å².